The van der Waals surface area contributed by atoms with E-state index >= 15 is 0 Å². The smallest absolute Gasteiger partial charge is 0.221 e. The Balaban J connectivity index is 1.72. The SMILES string of the molecule is COc1cc2c(cc1CNC1CNC(=O)C1)OC(C)C2. The lowest BCUT2D eigenvalue weighted by Gasteiger charge is -2.14. The lowest BCUT2D eigenvalue weighted by atomic mass is 10.1. The summed E-state index contributed by atoms with van der Waals surface area (Å²) in [6, 6.07) is 4.31. The van der Waals surface area contributed by atoms with Gasteiger partial charge in [0.05, 0.1) is 7.11 Å². The molecule has 0 bridgehead atoms. The van der Waals surface area contributed by atoms with Crippen LogP contribution in [0, 0.1) is 0 Å². The molecule has 20 heavy (non-hydrogen) atoms. The van der Waals surface area contributed by atoms with Crippen molar-refractivity contribution in [3.8, 4) is 11.5 Å². The highest BCUT2D eigenvalue weighted by Gasteiger charge is 2.23. The highest BCUT2D eigenvalue weighted by Crippen LogP contribution is 2.34. The van der Waals surface area contributed by atoms with Crippen molar-refractivity contribution >= 4 is 5.91 Å². The van der Waals surface area contributed by atoms with Gasteiger partial charge in [-0.1, -0.05) is 0 Å². The van der Waals surface area contributed by atoms with Gasteiger partial charge in [0.25, 0.3) is 0 Å². The van der Waals surface area contributed by atoms with Gasteiger partial charge in [-0.3, -0.25) is 4.79 Å². The molecule has 0 saturated carbocycles. The Morgan fingerprint density at radius 1 is 1.45 bits per heavy atom. The molecule has 1 amide bonds. The predicted octanol–water partition coefficient (Wildman–Crippen LogP) is 0.997. The van der Waals surface area contributed by atoms with Gasteiger partial charge in [0.15, 0.2) is 0 Å². The Bertz CT molecular complexity index is 530. The highest BCUT2D eigenvalue weighted by atomic mass is 16.5. The quantitative estimate of drug-likeness (QED) is 0.861. The number of rotatable bonds is 4. The average Bonchev–Trinajstić information content (AvgIpc) is 2.99. The molecule has 2 aliphatic heterocycles. The van der Waals surface area contributed by atoms with Gasteiger partial charge in [0, 0.05) is 43.1 Å². The number of benzene rings is 1. The van der Waals surface area contributed by atoms with Crippen LogP contribution < -0.4 is 20.1 Å². The van der Waals surface area contributed by atoms with Crippen LogP contribution in [0.5, 0.6) is 11.5 Å². The summed E-state index contributed by atoms with van der Waals surface area (Å²) in [7, 11) is 1.69. The lowest BCUT2D eigenvalue weighted by Crippen LogP contribution is -2.30. The van der Waals surface area contributed by atoms with Gasteiger partial charge in [-0.25, -0.2) is 0 Å². The summed E-state index contributed by atoms with van der Waals surface area (Å²) < 4.78 is 11.3. The minimum atomic E-state index is 0.112. The van der Waals surface area contributed by atoms with Crippen molar-refractivity contribution < 1.29 is 14.3 Å². The molecule has 0 aliphatic carbocycles. The number of ether oxygens (including phenoxy) is 2. The molecule has 0 spiro atoms. The van der Waals surface area contributed by atoms with E-state index in [1.165, 1.54) is 5.56 Å². The van der Waals surface area contributed by atoms with Crippen molar-refractivity contribution in [3.05, 3.63) is 23.3 Å². The summed E-state index contributed by atoms with van der Waals surface area (Å²) in [6.07, 6.45) is 1.70. The van der Waals surface area contributed by atoms with E-state index in [0.717, 1.165) is 23.5 Å². The Morgan fingerprint density at radius 3 is 3.00 bits per heavy atom. The molecule has 1 saturated heterocycles. The third-order valence-corrected chi connectivity index (χ3v) is 3.86. The van der Waals surface area contributed by atoms with Crippen molar-refractivity contribution in [1.82, 2.24) is 10.6 Å². The van der Waals surface area contributed by atoms with E-state index in [0.29, 0.717) is 19.5 Å². The summed E-state index contributed by atoms with van der Waals surface area (Å²) >= 11 is 0. The molecule has 2 N–H and O–H groups in total. The summed E-state index contributed by atoms with van der Waals surface area (Å²) in [6.45, 7) is 3.44. The molecule has 1 fully saturated rings. The third kappa shape index (κ3) is 2.58. The monoisotopic (exact) mass is 276 g/mol. The van der Waals surface area contributed by atoms with Crippen LogP contribution in [0.4, 0.5) is 0 Å². The van der Waals surface area contributed by atoms with Crippen molar-refractivity contribution in [1.29, 1.82) is 0 Å². The minimum Gasteiger partial charge on any atom is -0.496 e. The molecule has 1 aromatic rings. The largest absolute Gasteiger partial charge is 0.496 e. The molecule has 2 aliphatic rings. The van der Waals surface area contributed by atoms with Crippen LogP contribution in [0.15, 0.2) is 12.1 Å². The van der Waals surface area contributed by atoms with E-state index in [1.54, 1.807) is 7.11 Å². The number of carbonyl (C=O) groups is 1. The number of methoxy groups -OCH3 is 1. The molecule has 5 heteroatoms. The maximum atomic E-state index is 11.2. The first kappa shape index (κ1) is 13.2. The molecule has 0 radical (unpaired) electrons. The molecular weight excluding hydrogens is 256 g/mol. The van der Waals surface area contributed by atoms with Crippen LogP contribution in [0.25, 0.3) is 0 Å². The predicted molar refractivity (Wildman–Crippen MR) is 75.0 cm³/mol. The van der Waals surface area contributed by atoms with Crippen LogP contribution in [0.1, 0.15) is 24.5 Å². The Labute approximate surface area is 118 Å². The van der Waals surface area contributed by atoms with E-state index in [2.05, 4.69) is 29.7 Å². The Kier molecular flexibility index (Phi) is 3.53. The van der Waals surface area contributed by atoms with Gasteiger partial charge >= 0.3 is 0 Å². The molecule has 3 rings (SSSR count). The Morgan fingerprint density at radius 2 is 2.30 bits per heavy atom. The van der Waals surface area contributed by atoms with Crippen LogP contribution >= 0.6 is 0 Å². The normalized spacial score (nSPS) is 24.2. The highest BCUT2D eigenvalue weighted by molar-refractivity contribution is 5.78. The van der Waals surface area contributed by atoms with E-state index in [4.69, 9.17) is 9.47 Å². The Hall–Kier alpha value is -1.75. The van der Waals surface area contributed by atoms with E-state index in [1.807, 2.05) is 0 Å². The molecule has 2 unspecified atom stereocenters. The summed E-state index contributed by atoms with van der Waals surface area (Å²) in [5, 5.41) is 6.21. The third-order valence-electron chi connectivity index (χ3n) is 3.86. The van der Waals surface area contributed by atoms with Gasteiger partial charge in [0.2, 0.25) is 5.91 Å². The molecular formula is C15H20N2O3. The second-order valence-corrected chi connectivity index (χ2v) is 5.49. The van der Waals surface area contributed by atoms with Crippen LogP contribution in [0.2, 0.25) is 0 Å². The van der Waals surface area contributed by atoms with Crippen LogP contribution in [-0.4, -0.2) is 31.7 Å². The van der Waals surface area contributed by atoms with Crippen molar-refractivity contribution in [2.24, 2.45) is 0 Å². The van der Waals surface area contributed by atoms with Crippen LogP contribution in [0.3, 0.4) is 0 Å². The maximum absolute atomic E-state index is 11.2. The zero-order chi connectivity index (χ0) is 14.1. The first-order valence-electron chi connectivity index (χ1n) is 7.02. The van der Waals surface area contributed by atoms with Crippen LogP contribution in [-0.2, 0) is 17.8 Å². The molecule has 2 heterocycles. The summed E-state index contributed by atoms with van der Waals surface area (Å²) in [5.74, 6) is 1.95. The number of carbonyl (C=O) groups excluding carboxylic acids is 1. The minimum absolute atomic E-state index is 0.112. The number of nitrogens with one attached hydrogen (secondary N) is 2. The van der Waals surface area contributed by atoms with E-state index in [9.17, 15) is 4.79 Å². The lowest BCUT2D eigenvalue weighted by molar-refractivity contribution is -0.119. The summed E-state index contributed by atoms with van der Waals surface area (Å²) in [4.78, 5) is 11.2. The molecule has 108 valence electrons. The fourth-order valence-corrected chi connectivity index (χ4v) is 2.81. The van der Waals surface area contributed by atoms with E-state index < -0.39 is 0 Å². The molecule has 1 aromatic carbocycles. The zero-order valence-corrected chi connectivity index (χ0v) is 11.9. The van der Waals surface area contributed by atoms with Gasteiger partial charge < -0.3 is 20.1 Å². The van der Waals surface area contributed by atoms with Gasteiger partial charge in [-0.2, -0.15) is 0 Å². The standard InChI is InChI=1S/C15H20N2O3/c1-9-3-10-4-13(19-2)11(5-14(10)20-9)7-16-12-6-15(18)17-8-12/h4-5,9,12,16H,3,6-8H2,1-2H3,(H,17,18). The fourth-order valence-electron chi connectivity index (χ4n) is 2.81. The first-order valence-corrected chi connectivity index (χ1v) is 7.02. The average molecular weight is 276 g/mol. The second-order valence-electron chi connectivity index (χ2n) is 5.49. The number of hydrogen-bond acceptors (Lipinski definition) is 4. The van der Waals surface area contributed by atoms with Crippen molar-refractivity contribution in [3.63, 3.8) is 0 Å². The van der Waals surface area contributed by atoms with Crippen molar-refractivity contribution in [2.75, 3.05) is 13.7 Å². The number of amides is 1. The zero-order valence-electron chi connectivity index (χ0n) is 11.9. The fraction of sp³-hybridized carbons (Fsp3) is 0.533. The van der Waals surface area contributed by atoms with Crippen molar-refractivity contribution in [2.45, 2.75) is 38.5 Å². The second kappa shape index (κ2) is 5.32. The number of fused-ring (bicyclic) bond motifs is 1. The van der Waals surface area contributed by atoms with Gasteiger partial charge in [0.1, 0.15) is 17.6 Å². The van der Waals surface area contributed by atoms with Gasteiger partial charge in [-0.05, 0) is 19.1 Å². The summed E-state index contributed by atoms with van der Waals surface area (Å²) in [5.41, 5.74) is 2.27. The first-order chi connectivity index (χ1) is 9.65. The van der Waals surface area contributed by atoms with Gasteiger partial charge in [-0.15, -0.1) is 0 Å². The molecule has 0 aromatic heterocycles. The topological polar surface area (TPSA) is 59.6 Å². The molecule has 2 atom stereocenters. The number of hydrogen-bond donors (Lipinski definition) is 2. The van der Waals surface area contributed by atoms with E-state index in [-0.39, 0.29) is 18.1 Å². The molecule has 5 nitrogen and oxygen atoms in total. The maximum Gasteiger partial charge on any atom is 0.221 e.